The zero-order valence-electron chi connectivity index (χ0n) is 7.91. The van der Waals surface area contributed by atoms with Crippen molar-refractivity contribution in [1.82, 2.24) is 5.32 Å². The Balaban J connectivity index is 2.22. The zero-order valence-corrected chi connectivity index (χ0v) is 8.73. The summed E-state index contributed by atoms with van der Waals surface area (Å²) in [6.07, 6.45) is 0. The van der Waals surface area contributed by atoms with Gasteiger partial charge < -0.3 is 5.32 Å². The number of amides is 1. The second kappa shape index (κ2) is 3.80. The third kappa shape index (κ3) is 1.93. The largest absolute Gasteiger partial charge is 0.351 e. The van der Waals surface area contributed by atoms with E-state index in [-0.39, 0.29) is 5.91 Å². The van der Waals surface area contributed by atoms with E-state index in [1.54, 1.807) is 11.3 Å². The Kier molecular flexibility index (Phi) is 2.50. The summed E-state index contributed by atoms with van der Waals surface area (Å²) in [7, 11) is 0. The Morgan fingerprint density at radius 3 is 2.93 bits per heavy atom. The molecule has 0 aliphatic rings. The number of nitrogens with one attached hydrogen (secondary N) is 1. The number of carbonyl (C=O) groups excluding carboxylic acids is 1. The lowest BCUT2D eigenvalue weighted by atomic mass is 10.2. The molecule has 0 spiro atoms. The fourth-order valence-electron chi connectivity index (χ4n) is 1.34. The lowest BCUT2D eigenvalue weighted by molar-refractivity contribution is -0.119. The van der Waals surface area contributed by atoms with Gasteiger partial charge in [0.1, 0.15) is 0 Å². The first-order valence-electron chi connectivity index (χ1n) is 4.47. The average Bonchev–Trinajstić information content (AvgIpc) is 2.57. The molecule has 1 aromatic carbocycles. The molecule has 72 valence electrons. The molecule has 0 fully saturated rings. The number of carbonyl (C=O) groups is 1. The highest BCUT2D eigenvalue weighted by Crippen LogP contribution is 2.24. The average molecular weight is 205 g/mol. The van der Waals surface area contributed by atoms with Crippen molar-refractivity contribution in [3.63, 3.8) is 0 Å². The van der Waals surface area contributed by atoms with Crippen molar-refractivity contribution in [2.75, 3.05) is 0 Å². The number of thiophene rings is 1. The van der Waals surface area contributed by atoms with Crippen LogP contribution in [0.2, 0.25) is 0 Å². The first kappa shape index (κ1) is 9.21. The third-order valence-electron chi connectivity index (χ3n) is 1.99. The van der Waals surface area contributed by atoms with Gasteiger partial charge in [0, 0.05) is 16.5 Å². The van der Waals surface area contributed by atoms with Crippen molar-refractivity contribution in [3.8, 4) is 0 Å². The summed E-state index contributed by atoms with van der Waals surface area (Å²) < 4.78 is 1.27. The van der Waals surface area contributed by atoms with E-state index in [0.717, 1.165) is 0 Å². The highest BCUT2D eigenvalue weighted by atomic mass is 32.1. The van der Waals surface area contributed by atoms with Gasteiger partial charge in [0.25, 0.3) is 0 Å². The van der Waals surface area contributed by atoms with Crippen LogP contribution < -0.4 is 5.32 Å². The highest BCUT2D eigenvalue weighted by Gasteiger charge is 2.00. The van der Waals surface area contributed by atoms with E-state index in [1.165, 1.54) is 21.9 Å². The predicted molar refractivity (Wildman–Crippen MR) is 59.3 cm³/mol. The van der Waals surface area contributed by atoms with Gasteiger partial charge in [-0.05, 0) is 17.5 Å². The SMILES string of the molecule is CC(=O)NCc1cc2ccccc2s1. The number of rotatable bonds is 2. The molecule has 1 heterocycles. The molecule has 2 nitrogen and oxygen atoms in total. The topological polar surface area (TPSA) is 29.1 Å². The summed E-state index contributed by atoms with van der Waals surface area (Å²) in [6.45, 7) is 2.17. The maximum atomic E-state index is 10.7. The van der Waals surface area contributed by atoms with E-state index >= 15 is 0 Å². The quantitative estimate of drug-likeness (QED) is 0.802. The van der Waals surface area contributed by atoms with Crippen molar-refractivity contribution in [2.45, 2.75) is 13.5 Å². The van der Waals surface area contributed by atoms with Crippen molar-refractivity contribution < 1.29 is 4.79 Å². The van der Waals surface area contributed by atoms with Gasteiger partial charge in [0.05, 0.1) is 6.54 Å². The van der Waals surface area contributed by atoms with Gasteiger partial charge >= 0.3 is 0 Å². The van der Waals surface area contributed by atoms with Crippen molar-refractivity contribution >= 4 is 27.3 Å². The highest BCUT2D eigenvalue weighted by molar-refractivity contribution is 7.19. The van der Waals surface area contributed by atoms with E-state index in [4.69, 9.17) is 0 Å². The van der Waals surface area contributed by atoms with E-state index in [0.29, 0.717) is 6.54 Å². The van der Waals surface area contributed by atoms with E-state index in [9.17, 15) is 4.79 Å². The fourth-order valence-corrected chi connectivity index (χ4v) is 2.34. The summed E-state index contributed by atoms with van der Waals surface area (Å²) in [5.41, 5.74) is 0. The van der Waals surface area contributed by atoms with Gasteiger partial charge in [0.15, 0.2) is 0 Å². The zero-order chi connectivity index (χ0) is 9.97. The van der Waals surface area contributed by atoms with Crippen LogP contribution in [0.5, 0.6) is 0 Å². The van der Waals surface area contributed by atoms with Gasteiger partial charge in [0.2, 0.25) is 5.91 Å². The Bertz CT molecular complexity index is 428. The Morgan fingerprint density at radius 2 is 2.21 bits per heavy atom. The molecule has 0 saturated heterocycles. The van der Waals surface area contributed by atoms with Crippen LogP contribution in [0.1, 0.15) is 11.8 Å². The second-order valence-electron chi connectivity index (χ2n) is 3.16. The maximum absolute atomic E-state index is 10.7. The van der Waals surface area contributed by atoms with E-state index in [1.807, 2.05) is 12.1 Å². The van der Waals surface area contributed by atoms with Crippen LogP contribution in [0.15, 0.2) is 30.3 Å². The minimum Gasteiger partial charge on any atom is -0.351 e. The van der Waals surface area contributed by atoms with E-state index in [2.05, 4.69) is 23.5 Å². The lowest BCUT2D eigenvalue weighted by Crippen LogP contribution is -2.17. The summed E-state index contributed by atoms with van der Waals surface area (Å²) in [5.74, 6) is 0.0162. The molecule has 0 unspecified atom stereocenters. The molecule has 1 amide bonds. The third-order valence-corrected chi connectivity index (χ3v) is 3.10. The van der Waals surface area contributed by atoms with Gasteiger partial charge in [-0.1, -0.05) is 18.2 Å². The molecule has 2 aromatic rings. The van der Waals surface area contributed by atoms with Crippen LogP contribution in [-0.4, -0.2) is 5.91 Å². The minimum absolute atomic E-state index is 0.0162. The summed E-state index contributed by atoms with van der Waals surface area (Å²) in [6, 6.07) is 10.4. The molecule has 0 aliphatic carbocycles. The number of hydrogen-bond acceptors (Lipinski definition) is 2. The molecule has 2 rings (SSSR count). The van der Waals surface area contributed by atoms with Crippen LogP contribution >= 0.6 is 11.3 Å². The monoisotopic (exact) mass is 205 g/mol. The van der Waals surface area contributed by atoms with Crippen molar-refractivity contribution in [1.29, 1.82) is 0 Å². The van der Waals surface area contributed by atoms with Crippen molar-refractivity contribution in [3.05, 3.63) is 35.2 Å². The summed E-state index contributed by atoms with van der Waals surface area (Å²) in [5, 5.41) is 4.04. The first-order chi connectivity index (χ1) is 6.75. The molecule has 0 radical (unpaired) electrons. The Morgan fingerprint density at radius 1 is 1.43 bits per heavy atom. The smallest absolute Gasteiger partial charge is 0.217 e. The van der Waals surface area contributed by atoms with Crippen LogP contribution in [0.4, 0.5) is 0 Å². The number of benzene rings is 1. The molecule has 0 saturated carbocycles. The summed E-state index contributed by atoms with van der Waals surface area (Å²) in [4.78, 5) is 11.9. The van der Waals surface area contributed by atoms with Gasteiger partial charge in [-0.15, -0.1) is 11.3 Å². The van der Waals surface area contributed by atoms with Crippen LogP contribution in [0, 0.1) is 0 Å². The molecule has 0 atom stereocenters. The summed E-state index contributed by atoms with van der Waals surface area (Å²) >= 11 is 1.72. The van der Waals surface area contributed by atoms with Crippen molar-refractivity contribution in [2.24, 2.45) is 0 Å². The number of fused-ring (bicyclic) bond motifs is 1. The fraction of sp³-hybridized carbons (Fsp3) is 0.182. The molecule has 0 bridgehead atoms. The van der Waals surface area contributed by atoms with Crippen LogP contribution in [-0.2, 0) is 11.3 Å². The maximum Gasteiger partial charge on any atom is 0.217 e. The molecule has 14 heavy (non-hydrogen) atoms. The molecule has 1 N–H and O–H groups in total. The first-order valence-corrected chi connectivity index (χ1v) is 5.29. The van der Waals surface area contributed by atoms with Gasteiger partial charge in [-0.2, -0.15) is 0 Å². The molecular weight excluding hydrogens is 194 g/mol. The lowest BCUT2D eigenvalue weighted by Gasteiger charge is -1.96. The van der Waals surface area contributed by atoms with Crippen LogP contribution in [0.3, 0.4) is 0 Å². The minimum atomic E-state index is 0.0162. The van der Waals surface area contributed by atoms with Gasteiger partial charge in [-0.3, -0.25) is 4.79 Å². The molecule has 3 heteroatoms. The second-order valence-corrected chi connectivity index (χ2v) is 4.33. The Labute approximate surface area is 86.6 Å². The molecule has 1 aromatic heterocycles. The van der Waals surface area contributed by atoms with E-state index < -0.39 is 0 Å². The molecule has 0 aliphatic heterocycles. The normalized spacial score (nSPS) is 10.4. The number of hydrogen-bond donors (Lipinski definition) is 1. The standard InChI is InChI=1S/C11H11NOS/c1-8(13)12-7-10-6-9-4-2-3-5-11(9)14-10/h2-6H,7H2,1H3,(H,12,13). The van der Waals surface area contributed by atoms with Gasteiger partial charge in [-0.25, -0.2) is 0 Å². The Hall–Kier alpha value is -1.35. The molecular formula is C11H11NOS. The van der Waals surface area contributed by atoms with Crippen LogP contribution in [0.25, 0.3) is 10.1 Å². The predicted octanol–water partition coefficient (Wildman–Crippen LogP) is 2.54.